The van der Waals surface area contributed by atoms with E-state index >= 15 is 0 Å². The van der Waals surface area contributed by atoms with Gasteiger partial charge >= 0.3 is 0 Å². The maximum Gasteiger partial charge on any atom is 0.162 e. The van der Waals surface area contributed by atoms with Gasteiger partial charge < -0.3 is 5.32 Å². The fraction of sp³-hybridized carbons (Fsp3) is 0.375. The summed E-state index contributed by atoms with van der Waals surface area (Å²) in [5.41, 5.74) is 6.23. The zero-order chi connectivity index (χ0) is 18.4. The molecule has 26 heavy (non-hydrogen) atoms. The minimum Gasteiger partial charge on any atom is -0.313 e. The molecule has 1 aliphatic rings. The van der Waals surface area contributed by atoms with Crippen LogP contribution in [0.25, 0.3) is 6.08 Å². The van der Waals surface area contributed by atoms with E-state index in [4.69, 9.17) is 0 Å². The van der Waals surface area contributed by atoms with E-state index in [1.54, 1.807) is 6.08 Å². The highest BCUT2D eigenvalue weighted by Gasteiger charge is 2.20. The molecule has 0 unspecified atom stereocenters. The fourth-order valence-electron chi connectivity index (χ4n) is 3.79. The standard InChI is InChI=1S/C24H29NO/c1-3-18-5-10-21(11-6-18)24(26)14-9-19-7-12-23-16-20(17-25-4-2)8-13-22(23)15-19/h3,5-6,8,10-11,13,16,19,25H,1,4,7,9,12,14-15,17H2,2H3/t19-/m1/s1. The third kappa shape index (κ3) is 4.70. The molecule has 0 saturated carbocycles. The number of carbonyl (C=O) groups excluding carboxylic acids is 1. The highest BCUT2D eigenvalue weighted by molar-refractivity contribution is 5.96. The second-order valence-corrected chi connectivity index (χ2v) is 7.28. The first-order chi connectivity index (χ1) is 12.7. The number of rotatable bonds is 8. The van der Waals surface area contributed by atoms with Crippen LogP contribution in [0, 0.1) is 5.92 Å². The van der Waals surface area contributed by atoms with Gasteiger partial charge in [0.2, 0.25) is 0 Å². The Kier molecular flexibility index (Phi) is 6.40. The Labute approximate surface area is 157 Å². The topological polar surface area (TPSA) is 29.1 Å². The van der Waals surface area contributed by atoms with Crippen molar-refractivity contribution in [2.75, 3.05) is 6.54 Å². The van der Waals surface area contributed by atoms with E-state index in [0.717, 1.165) is 43.5 Å². The zero-order valence-electron chi connectivity index (χ0n) is 15.8. The van der Waals surface area contributed by atoms with Crippen molar-refractivity contribution in [3.05, 3.63) is 76.9 Å². The SMILES string of the molecule is C=Cc1ccc(C(=O)CC[C@H]2CCc3cc(CNCC)ccc3C2)cc1. The molecule has 0 spiro atoms. The van der Waals surface area contributed by atoms with Gasteiger partial charge in [0, 0.05) is 18.5 Å². The molecule has 0 saturated heterocycles. The number of aryl methyl sites for hydroxylation is 1. The van der Waals surface area contributed by atoms with Crippen molar-refractivity contribution in [2.45, 2.75) is 45.6 Å². The molecule has 0 aromatic heterocycles. The Morgan fingerprint density at radius 3 is 2.73 bits per heavy atom. The second-order valence-electron chi connectivity index (χ2n) is 7.28. The molecule has 2 aromatic carbocycles. The van der Waals surface area contributed by atoms with Crippen molar-refractivity contribution >= 4 is 11.9 Å². The van der Waals surface area contributed by atoms with Crippen LogP contribution in [0.5, 0.6) is 0 Å². The van der Waals surface area contributed by atoms with Crippen LogP contribution in [0.4, 0.5) is 0 Å². The predicted octanol–water partition coefficient (Wildman–Crippen LogP) is 5.21. The summed E-state index contributed by atoms with van der Waals surface area (Å²) in [4.78, 5) is 12.4. The summed E-state index contributed by atoms with van der Waals surface area (Å²) in [6.07, 6.45) is 6.88. The van der Waals surface area contributed by atoms with Crippen molar-refractivity contribution in [3.8, 4) is 0 Å². The molecule has 0 heterocycles. The quantitative estimate of drug-likeness (QED) is 0.664. The average molecular weight is 348 g/mol. The smallest absolute Gasteiger partial charge is 0.162 e. The van der Waals surface area contributed by atoms with E-state index in [-0.39, 0.29) is 5.78 Å². The number of Topliss-reactive ketones (excluding diaryl/α,β-unsaturated/α-hetero) is 1. The number of benzene rings is 2. The molecule has 2 nitrogen and oxygen atoms in total. The molecule has 2 aromatic rings. The van der Waals surface area contributed by atoms with Crippen LogP contribution in [0.3, 0.4) is 0 Å². The number of hydrogen-bond acceptors (Lipinski definition) is 2. The van der Waals surface area contributed by atoms with Gasteiger partial charge in [0.05, 0.1) is 0 Å². The molecule has 1 aliphatic carbocycles. The van der Waals surface area contributed by atoms with Crippen molar-refractivity contribution in [3.63, 3.8) is 0 Å². The average Bonchev–Trinajstić information content (AvgIpc) is 2.70. The lowest BCUT2D eigenvalue weighted by Crippen LogP contribution is -2.17. The predicted molar refractivity (Wildman–Crippen MR) is 109 cm³/mol. The first-order valence-corrected chi connectivity index (χ1v) is 9.76. The number of hydrogen-bond donors (Lipinski definition) is 1. The molecular formula is C24H29NO. The van der Waals surface area contributed by atoms with Crippen molar-refractivity contribution in [2.24, 2.45) is 5.92 Å². The van der Waals surface area contributed by atoms with Gasteiger partial charge in [0.15, 0.2) is 5.78 Å². The summed E-state index contributed by atoms with van der Waals surface area (Å²) in [7, 11) is 0. The summed E-state index contributed by atoms with van der Waals surface area (Å²) in [5.74, 6) is 0.880. The minimum atomic E-state index is 0.257. The highest BCUT2D eigenvalue weighted by Crippen LogP contribution is 2.29. The Balaban J connectivity index is 1.54. The lowest BCUT2D eigenvalue weighted by molar-refractivity contribution is 0.0972. The van der Waals surface area contributed by atoms with Crippen LogP contribution in [0.2, 0.25) is 0 Å². The lowest BCUT2D eigenvalue weighted by atomic mass is 9.80. The van der Waals surface area contributed by atoms with Crippen LogP contribution in [-0.4, -0.2) is 12.3 Å². The summed E-state index contributed by atoms with van der Waals surface area (Å²) in [5, 5.41) is 3.39. The summed E-state index contributed by atoms with van der Waals surface area (Å²) in [6.45, 7) is 7.84. The summed E-state index contributed by atoms with van der Waals surface area (Å²) < 4.78 is 0. The van der Waals surface area contributed by atoms with E-state index in [1.165, 1.54) is 23.1 Å². The number of nitrogens with one attached hydrogen (secondary N) is 1. The first-order valence-electron chi connectivity index (χ1n) is 9.76. The molecule has 0 fully saturated rings. The van der Waals surface area contributed by atoms with E-state index in [9.17, 15) is 4.79 Å². The monoisotopic (exact) mass is 347 g/mol. The number of fused-ring (bicyclic) bond motifs is 1. The molecule has 0 aliphatic heterocycles. The Bertz CT molecular complexity index is 760. The Morgan fingerprint density at radius 2 is 2.00 bits per heavy atom. The second kappa shape index (κ2) is 8.95. The van der Waals surface area contributed by atoms with Crippen LogP contribution in [-0.2, 0) is 19.4 Å². The van der Waals surface area contributed by atoms with Gasteiger partial charge in [-0.2, -0.15) is 0 Å². The summed E-state index contributed by atoms with van der Waals surface area (Å²) in [6, 6.07) is 14.7. The maximum absolute atomic E-state index is 12.4. The van der Waals surface area contributed by atoms with Gasteiger partial charge in [-0.15, -0.1) is 0 Å². The van der Waals surface area contributed by atoms with Crippen molar-refractivity contribution in [1.82, 2.24) is 5.32 Å². The van der Waals surface area contributed by atoms with Gasteiger partial charge in [0.1, 0.15) is 0 Å². The van der Waals surface area contributed by atoms with Gasteiger partial charge in [-0.25, -0.2) is 0 Å². The van der Waals surface area contributed by atoms with Gasteiger partial charge in [-0.1, -0.05) is 62.0 Å². The molecule has 136 valence electrons. The summed E-state index contributed by atoms with van der Waals surface area (Å²) >= 11 is 0. The largest absolute Gasteiger partial charge is 0.313 e. The third-order valence-corrected chi connectivity index (χ3v) is 5.43. The molecule has 0 bridgehead atoms. The van der Waals surface area contributed by atoms with Crippen molar-refractivity contribution < 1.29 is 4.79 Å². The minimum absolute atomic E-state index is 0.257. The molecule has 0 amide bonds. The van der Waals surface area contributed by atoms with Gasteiger partial charge in [0.25, 0.3) is 0 Å². The molecule has 0 radical (unpaired) electrons. The molecule has 1 atom stereocenters. The van der Waals surface area contributed by atoms with Crippen LogP contribution in [0.15, 0.2) is 49.0 Å². The van der Waals surface area contributed by atoms with E-state index < -0.39 is 0 Å². The van der Waals surface area contributed by atoms with E-state index in [2.05, 4.69) is 37.0 Å². The molecular weight excluding hydrogens is 318 g/mol. The van der Waals surface area contributed by atoms with Crippen LogP contribution in [0.1, 0.15) is 58.8 Å². The zero-order valence-corrected chi connectivity index (χ0v) is 15.8. The number of carbonyl (C=O) groups is 1. The van der Waals surface area contributed by atoms with Gasteiger partial charge in [-0.05, 0) is 60.4 Å². The number of ketones is 1. The van der Waals surface area contributed by atoms with Crippen LogP contribution >= 0.6 is 0 Å². The molecule has 1 N–H and O–H groups in total. The normalized spacial score (nSPS) is 16.1. The maximum atomic E-state index is 12.4. The van der Waals surface area contributed by atoms with E-state index in [1.807, 2.05) is 24.3 Å². The molecule has 3 rings (SSSR count). The highest BCUT2D eigenvalue weighted by atomic mass is 16.1. The Morgan fingerprint density at radius 1 is 1.19 bits per heavy atom. The third-order valence-electron chi connectivity index (χ3n) is 5.43. The van der Waals surface area contributed by atoms with Crippen molar-refractivity contribution in [1.29, 1.82) is 0 Å². The first kappa shape index (κ1) is 18.6. The Hall–Kier alpha value is -2.19. The fourth-order valence-corrected chi connectivity index (χ4v) is 3.79. The van der Waals surface area contributed by atoms with E-state index in [0.29, 0.717) is 12.3 Å². The van der Waals surface area contributed by atoms with Gasteiger partial charge in [-0.3, -0.25) is 4.79 Å². The van der Waals surface area contributed by atoms with Crippen LogP contribution < -0.4 is 5.32 Å². The molecule has 2 heteroatoms. The lowest BCUT2D eigenvalue weighted by Gasteiger charge is -2.25.